The first kappa shape index (κ1) is 13.2. The summed E-state index contributed by atoms with van der Waals surface area (Å²) in [5, 5.41) is 2.76. The highest BCUT2D eigenvalue weighted by Gasteiger charge is 2.11. The van der Waals surface area contributed by atoms with E-state index < -0.39 is 5.76 Å². The number of imidazole rings is 1. The lowest BCUT2D eigenvalue weighted by Gasteiger charge is -2.04. The molecule has 108 valence electrons. The van der Waals surface area contributed by atoms with E-state index in [2.05, 4.69) is 15.3 Å². The van der Waals surface area contributed by atoms with Gasteiger partial charge in [0.1, 0.15) is 6.54 Å². The quantitative estimate of drug-likeness (QED) is 0.721. The van der Waals surface area contributed by atoms with Gasteiger partial charge in [0, 0.05) is 24.9 Å². The number of benzene rings is 1. The molecule has 0 saturated carbocycles. The summed E-state index contributed by atoms with van der Waals surface area (Å²) in [7, 11) is 0. The van der Waals surface area contributed by atoms with Crippen LogP contribution < -0.4 is 11.1 Å². The second kappa shape index (κ2) is 5.66. The third-order valence-electron chi connectivity index (χ3n) is 3.15. The van der Waals surface area contributed by atoms with Crippen molar-refractivity contribution < 1.29 is 9.21 Å². The molecule has 0 aliphatic rings. The molecule has 0 fully saturated rings. The van der Waals surface area contributed by atoms with E-state index in [-0.39, 0.29) is 12.5 Å². The second-order valence-electron chi connectivity index (χ2n) is 4.60. The number of nitrogens with one attached hydrogen (secondary N) is 2. The summed E-state index contributed by atoms with van der Waals surface area (Å²) in [4.78, 5) is 30.5. The summed E-state index contributed by atoms with van der Waals surface area (Å²) in [6.07, 6.45) is 3.96. The molecule has 2 heterocycles. The zero-order valence-electron chi connectivity index (χ0n) is 11.2. The fourth-order valence-electron chi connectivity index (χ4n) is 2.12. The third-order valence-corrected chi connectivity index (χ3v) is 3.15. The minimum absolute atomic E-state index is 0.0567. The van der Waals surface area contributed by atoms with Crippen LogP contribution in [0.5, 0.6) is 0 Å². The average molecular weight is 286 g/mol. The predicted molar refractivity (Wildman–Crippen MR) is 75.8 cm³/mol. The van der Waals surface area contributed by atoms with Crippen LogP contribution in [0.4, 0.5) is 0 Å². The number of amides is 1. The van der Waals surface area contributed by atoms with Crippen LogP contribution in [-0.4, -0.2) is 27.0 Å². The van der Waals surface area contributed by atoms with Crippen molar-refractivity contribution in [3.63, 3.8) is 0 Å². The molecule has 0 atom stereocenters. The van der Waals surface area contributed by atoms with Crippen LogP contribution in [0.1, 0.15) is 5.69 Å². The highest BCUT2D eigenvalue weighted by atomic mass is 16.4. The highest BCUT2D eigenvalue weighted by molar-refractivity contribution is 5.79. The fraction of sp³-hybridized carbons (Fsp3) is 0.214. The maximum atomic E-state index is 11.9. The van der Waals surface area contributed by atoms with E-state index in [0.29, 0.717) is 24.1 Å². The minimum atomic E-state index is -0.528. The molecule has 7 heteroatoms. The van der Waals surface area contributed by atoms with Crippen molar-refractivity contribution >= 4 is 17.0 Å². The Morgan fingerprint density at radius 2 is 2.24 bits per heavy atom. The summed E-state index contributed by atoms with van der Waals surface area (Å²) in [5.74, 6) is -0.761. The Morgan fingerprint density at radius 3 is 3.05 bits per heavy atom. The number of carbonyl (C=O) groups excluding carboxylic acids is 1. The molecule has 3 rings (SSSR count). The van der Waals surface area contributed by atoms with Gasteiger partial charge in [-0.1, -0.05) is 12.1 Å². The molecule has 0 spiro atoms. The summed E-state index contributed by atoms with van der Waals surface area (Å²) < 4.78 is 6.40. The van der Waals surface area contributed by atoms with Gasteiger partial charge >= 0.3 is 5.76 Å². The van der Waals surface area contributed by atoms with Gasteiger partial charge in [0.05, 0.1) is 11.8 Å². The lowest BCUT2D eigenvalue weighted by Crippen LogP contribution is -2.32. The Morgan fingerprint density at radius 1 is 1.38 bits per heavy atom. The Kier molecular flexibility index (Phi) is 3.55. The number of aromatic amines is 1. The van der Waals surface area contributed by atoms with Crippen molar-refractivity contribution in [2.75, 3.05) is 6.54 Å². The molecule has 0 aliphatic heterocycles. The Hall–Kier alpha value is -2.83. The normalized spacial score (nSPS) is 10.9. The topological polar surface area (TPSA) is 92.9 Å². The average Bonchev–Trinajstić information content (AvgIpc) is 3.08. The maximum Gasteiger partial charge on any atom is 0.420 e. The van der Waals surface area contributed by atoms with Crippen molar-refractivity contribution in [3.8, 4) is 0 Å². The van der Waals surface area contributed by atoms with E-state index in [1.807, 2.05) is 0 Å². The number of para-hydroxylation sites is 2. The lowest BCUT2D eigenvalue weighted by atomic mass is 10.3. The molecule has 2 N–H and O–H groups in total. The lowest BCUT2D eigenvalue weighted by molar-refractivity contribution is -0.121. The first-order chi connectivity index (χ1) is 10.2. The molecule has 0 aliphatic carbocycles. The van der Waals surface area contributed by atoms with E-state index in [1.54, 1.807) is 36.8 Å². The fourth-order valence-corrected chi connectivity index (χ4v) is 2.12. The highest BCUT2D eigenvalue weighted by Crippen LogP contribution is 2.11. The molecule has 1 aromatic carbocycles. The largest absolute Gasteiger partial charge is 0.420 e. The van der Waals surface area contributed by atoms with Crippen LogP contribution in [0, 0.1) is 0 Å². The molecule has 3 aromatic rings. The molecule has 0 saturated heterocycles. The molecule has 7 nitrogen and oxygen atoms in total. The summed E-state index contributed by atoms with van der Waals surface area (Å²) in [6, 6.07) is 7.02. The molecule has 0 unspecified atom stereocenters. The third kappa shape index (κ3) is 2.86. The zero-order valence-corrected chi connectivity index (χ0v) is 11.2. The molecule has 0 radical (unpaired) electrons. The van der Waals surface area contributed by atoms with Gasteiger partial charge in [-0.25, -0.2) is 9.78 Å². The summed E-state index contributed by atoms with van der Waals surface area (Å²) >= 11 is 0. The van der Waals surface area contributed by atoms with E-state index >= 15 is 0 Å². The number of aromatic nitrogens is 3. The first-order valence-corrected chi connectivity index (χ1v) is 6.56. The predicted octanol–water partition coefficient (Wildman–Crippen LogP) is 0.676. The van der Waals surface area contributed by atoms with Gasteiger partial charge in [0.2, 0.25) is 5.91 Å². The number of hydrogen-bond acceptors (Lipinski definition) is 4. The number of oxazole rings is 1. The van der Waals surface area contributed by atoms with Crippen LogP contribution in [0.25, 0.3) is 11.1 Å². The molecule has 21 heavy (non-hydrogen) atoms. The van der Waals surface area contributed by atoms with Gasteiger partial charge in [-0.2, -0.15) is 0 Å². The van der Waals surface area contributed by atoms with Crippen molar-refractivity contribution in [2.45, 2.75) is 13.0 Å². The molecule has 2 aromatic heterocycles. The van der Waals surface area contributed by atoms with Crippen LogP contribution in [-0.2, 0) is 17.8 Å². The molecular weight excluding hydrogens is 272 g/mol. The molecule has 1 amide bonds. The second-order valence-corrected chi connectivity index (χ2v) is 4.60. The van der Waals surface area contributed by atoms with Crippen molar-refractivity contribution in [1.29, 1.82) is 0 Å². The Balaban J connectivity index is 1.63. The minimum Gasteiger partial charge on any atom is -0.408 e. The van der Waals surface area contributed by atoms with E-state index in [9.17, 15) is 9.59 Å². The number of fused-ring (bicyclic) bond motifs is 1. The van der Waals surface area contributed by atoms with Gasteiger partial charge in [-0.3, -0.25) is 9.36 Å². The summed E-state index contributed by atoms with van der Waals surface area (Å²) in [5.41, 5.74) is 2.04. The van der Waals surface area contributed by atoms with Gasteiger partial charge < -0.3 is 14.7 Å². The van der Waals surface area contributed by atoms with Crippen molar-refractivity contribution in [2.24, 2.45) is 0 Å². The van der Waals surface area contributed by atoms with Gasteiger partial charge in [0.25, 0.3) is 0 Å². The van der Waals surface area contributed by atoms with Gasteiger partial charge in [0.15, 0.2) is 5.58 Å². The van der Waals surface area contributed by atoms with E-state index in [1.165, 1.54) is 4.57 Å². The summed E-state index contributed by atoms with van der Waals surface area (Å²) in [6.45, 7) is 0.421. The smallest absolute Gasteiger partial charge is 0.408 e. The molecule has 0 bridgehead atoms. The van der Waals surface area contributed by atoms with Gasteiger partial charge in [-0.15, -0.1) is 0 Å². The number of hydrogen-bond donors (Lipinski definition) is 2. The van der Waals surface area contributed by atoms with Crippen LogP contribution in [0.15, 0.2) is 46.0 Å². The number of rotatable bonds is 5. The van der Waals surface area contributed by atoms with Crippen LogP contribution in [0.3, 0.4) is 0 Å². The Bertz CT molecular complexity index is 801. The Labute approximate surface area is 119 Å². The van der Waals surface area contributed by atoms with E-state index in [0.717, 1.165) is 5.69 Å². The zero-order chi connectivity index (χ0) is 14.7. The maximum absolute atomic E-state index is 11.9. The first-order valence-electron chi connectivity index (χ1n) is 6.56. The van der Waals surface area contributed by atoms with Crippen molar-refractivity contribution in [1.82, 2.24) is 19.9 Å². The SMILES string of the molecule is O=C(Cn1c(=O)oc2ccccc21)NCCc1cnc[nH]1. The number of carbonyl (C=O) groups is 1. The molecular formula is C14H14N4O3. The van der Waals surface area contributed by atoms with Crippen LogP contribution >= 0.6 is 0 Å². The standard InChI is InChI=1S/C14H14N4O3/c19-13(16-6-5-10-7-15-9-17-10)8-18-11-3-1-2-4-12(11)21-14(18)20/h1-4,7,9H,5-6,8H2,(H,15,17)(H,16,19). The number of nitrogens with zero attached hydrogens (tertiary/aromatic N) is 2. The van der Waals surface area contributed by atoms with Gasteiger partial charge in [-0.05, 0) is 12.1 Å². The monoisotopic (exact) mass is 286 g/mol. The van der Waals surface area contributed by atoms with Crippen LogP contribution in [0.2, 0.25) is 0 Å². The number of H-pyrrole nitrogens is 1. The van der Waals surface area contributed by atoms with E-state index in [4.69, 9.17) is 4.42 Å². The van der Waals surface area contributed by atoms with Crippen molar-refractivity contribution in [3.05, 3.63) is 53.0 Å².